The van der Waals surface area contributed by atoms with Crippen molar-refractivity contribution in [3.8, 4) is 34.8 Å². The van der Waals surface area contributed by atoms with Gasteiger partial charge in [-0.2, -0.15) is 9.83 Å². The lowest BCUT2D eigenvalue weighted by Gasteiger charge is -2.14. The van der Waals surface area contributed by atoms with Crippen molar-refractivity contribution in [2.75, 3.05) is 14.2 Å². The number of halogens is 2. The Morgan fingerprint density at radius 1 is 0.838 bits per heavy atom. The molecule has 4 rings (SSSR count). The summed E-state index contributed by atoms with van der Waals surface area (Å²) in [4.78, 5) is 0. The summed E-state index contributed by atoms with van der Waals surface area (Å²) in [6.45, 7) is 0. The Hall–Kier alpha value is -3.89. The number of ether oxygens (including phenoxy) is 2. The first-order valence-electron chi connectivity index (χ1n) is 10.6. The lowest BCUT2D eigenvalue weighted by atomic mass is 10.2. The number of hydrogen-bond acceptors (Lipinski definition) is 7. The Labute approximate surface area is 224 Å². The van der Waals surface area contributed by atoms with Crippen LogP contribution in [0.4, 0.5) is 0 Å². The largest absolute Gasteiger partial charge is 0.872 e. The number of pyridine rings is 1. The van der Waals surface area contributed by atoms with E-state index in [2.05, 4.69) is 0 Å². The molecule has 4 aromatic rings. The minimum Gasteiger partial charge on any atom is -0.872 e. The number of hydrogen-bond donors (Lipinski definition) is 0. The van der Waals surface area contributed by atoms with Gasteiger partial charge in [0.05, 0.1) is 24.8 Å². The molecule has 0 saturated heterocycles. The van der Waals surface area contributed by atoms with Gasteiger partial charge in [-0.3, -0.25) is 0 Å². The van der Waals surface area contributed by atoms with Gasteiger partial charge >= 0.3 is 7.75 Å². The molecule has 0 atom stereocenters. The van der Waals surface area contributed by atoms with Gasteiger partial charge in [0.2, 0.25) is 0 Å². The molecule has 0 fully saturated rings. The van der Waals surface area contributed by atoms with Gasteiger partial charge in [0.25, 0.3) is 0 Å². The number of benzene rings is 3. The molecule has 0 amide bonds. The number of nitriles is 1. The van der Waals surface area contributed by atoms with Gasteiger partial charge in [-0.05, 0) is 60.7 Å². The van der Waals surface area contributed by atoms with E-state index in [1.807, 2.05) is 0 Å². The average Bonchev–Trinajstić information content (AvgIpc) is 2.91. The van der Waals surface area contributed by atoms with Crippen LogP contribution in [0.1, 0.15) is 5.56 Å². The Kier molecular flexibility index (Phi) is 9.64. The Morgan fingerprint density at radius 2 is 1.35 bits per heavy atom. The first-order chi connectivity index (χ1) is 17.8. The molecule has 190 valence electrons. The van der Waals surface area contributed by atoms with E-state index in [-0.39, 0.29) is 11.3 Å². The summed E-state index contributed by atoms with van der Waals surface area (Å²) in [5, 5.41) is 19.7. The van der Waals surface area contributed by atoms with Gasteiger partial charge in [0, 0.05) is 6.07 Å². The standard InChI is InChI=1S/C19H18ClNO5P.C7H4ClNO/c1-23-16-5-9-18(10-6-16)25-27(22,21-13-3-4-15(20)14-21)26-19-11-7-17(24-2)8-12-19;8-7-2-1-6(10)3-5(7)4-9/h3-14H,1-2H3;1-3,10H/q+1;/p-1. The van der Waals surface area contributed by atoms with Crippen LogP contribution in [0.3, 0.4) is 0 Å². The fourth-order valence-corrected chi connectivity index (χ4v) is 4.74. The fourth-order valence-electron chi connectivity index (χ4n) is 2.83. The minimum absolute atomic E-state index is 0.194. The van der Waals surface area contributed by atoms with Crippen LogP contribution in [0, 0.1) is 11.3 Å². The second-order valence-electron chi connectivity index (χ2n) is 7.16. The van der Waals surface area contributed by atoms with E-state index in [1.54, 1.807) is 87.1 Å². The fraction of sp³-hybridized carbons (Fsp3) is 0.0769. The van der Waals surface area contributed by atoms with Crippen molar-refractivity contribution in [1.29, 1.82) is 5.26 Å². The zero-order valence-electron chi connectivity index (χ0n) is 19.7. The zero-order valence-corrected chi connectivity index (χ0v) is 22.1. The third-order valence-corrected chi connectivity index (χ3v) is 6.90. The zero-order chi connectivity index (χ0) is 26.8. The van der Waals surface area contributed by atoms with E-state index >= 15 is 0 Å². The van der Waals surface area contributed by atoms with Gasteiger partial charge in [-0.1, -0.05) is 39.7 Å². The number of aromatic nitrogens is 1. The first-order valence-corrected chi connectivity index (χ1v) is 12.8. The Balaban J connectivity index is 0.000000319. The first kappa shape index (κ1) is 27.7. The summed E-state index contributed by atoms with van der Waals surface area (Å²) in [7, 11) is -0.709. The molecule has 0 saturated carbocycles. The van der Waals surface area contributed by atoms with E-state index in [0.29, 0.717) is 33.0 Å². The van der Waals surface area contributed by atoms with E-state index in [9.17, 15) is 9.67 Å². The predicted molar refractivity (Wildman–Crippen MR) is 138 cm³/mol. The SMILES string of the molecule is COc1ccc(OP(=O)(Oc2ccc(OC)cc2)[n+]2cccc(Cl)c2)cc1.N#Cc1cc([O-])ccc1Cl. The molecule has 0 aliphatic carbocycles. The summed E-state index contributed by atoms with van der Waals surface area (Å²) in [5.74, 6) is 1.84. The van der Waals surface area contributed by atoms with Crippen molar-refractivity contribution < 1.29 is 32.5 Å². The number of nitrogens with zero attached hydrogens (tertiary/aromatic N) is 2. The van der Waals surface area contributed by atoms with Crippen LogP contribution in [-0.4, -0.2) is 14.2 Å². The van der Waals surface area contributed by atoms with Crippen molar-refractivity contribution in [1.82, 2.24) is 0 Å². The molecule has 0 unspecified atom stereocenters. The highest BCUT2D eigenvalue weighted by atomic mass is 35.5. The van der Waals surface area contributed by atoms with Gasteiger partial charge < -0.3 is 23.6 Å². The summed E-state index contributed by atoms with van der Waals surface area (Å²) < 4.78 is 36.7. The third kappa shape index (κ3) is 7.80. The molecule has 8 nitrogen and oxygen atoms in total. The molecule has 0 bridgehead atoms. The van der Waals surface area contributed by atoms with Crippen molar-refractivity contribution in [3.05, 3.63) is 107 Å². The topological polar surface area (TPSA) is 105 Å². The molecule has 3 aromatic carbocycles. The van der Waals surface area contributed by atoms with Crippen LogP contribution in [-0.2, 0) is 4.57 Å². The quantitative estimate of drug-likeness (QED) is 0.254. The smallest absolute Gasteiger partial charge is 0.728 e. The van der Waals surface area contributed by atoms with Gasteiger partial charge in [-0.15, -0.1) is 5.75 Å². The summed E-state index contributed by atoms with van der Waals surface area (Å²) in [5.41, 5.74) is 0.231. The van der Waals surface area contributed by atoms with Crippen molar-refractivity contribution >= 4 is 30.9 Å². The molecular formula is C26H21Cl2N2O6P. The van der Waals surface area contributed by atoms with Gasteiger partial charge in [-0.25, -0.2) is 0 Å². The highest BCUT2D eigenvalue weighted by molar-refractivity contribution is 7.47. The van der Waals surface area contributed by atoms with E-state index < -0.39 is 7.75 Å². The van der Waals surface area contributed by atoms with Crippen LogP contribution in [0.15, 0.2) is 91.3 Å². The molecule has 11 heteroatoms. The summed E-state index contributed by atoms with van der Waals surface area (Å²) in [6, 6.07) is 22.5. The van der Waals surface area contributed by atoms with E-state index in [4.69, 9.17) is 47.0 Å². The summed E-state index contributed by atoms with van der Waals surface area (Å²) >= 11 is 11.6. The highest BCUT2D eigenvalue weighted by Gasteiger charge is 2.42. The van der Waals surface area contributed by atoms with Crippen molar-refractivity contribution in [3.63, 3.8) is 0 Å². The van der Waals surface area contributed by atoms with Crippen molar-refractivity contribution in [2.45, 2.75) is 0 Å². The second-order valence-corrected chi connectivity index (χ2v) is 9.77. The second kappa shape index (κ2) is 12.9. The average molecular weight is 559 g/mol. The number of methoxy groups -OCH3 is 2. The lowest BCUT2D eigenvalue weighted by Crippen LogP contribution is -2.35. The molecule has 0 aliphatic heterocycles. The molecule has 0 aliphatic rings. The number of rotatable bonds is 7. The van der Waals surface area contributed by atoms with Crippen LogP contribution in [0.25, 0.3) is 0 Å². The monoisotopic (exact) mass is 558 g/mol. The Morgan fingerprint density at radius 3 is 1.78 bits per heavy atom. The molecule has 0 N–H and O–H groups in total. The van der Waals surface area contributed by atoms with Gasteiger partial charge in [0.15, 0.2) is 12.4 Å². The third-order valence-electron chi connectivity index (χ3n) is 4.65. The van der Waals surface area contributed by atoms with Crippen LogP contribution in [0.5, 0.6) is 28.7 Å². The molecular weight excluding hydrogens is 538 g/mol. The lowest BCUT2D eigenvalue weighted by molar-refractivity contribution is -0.536. The molecule has 37 heavy (non-hydrogen) atoms. The molecule has 1 heterocycles. The van der Waals surface area contributed by atoms with Crippen molar-refractivity contribution in [2.24, 2.45) is 0 Å². The molecule has 0 radical (unpaired) electrons. The Bertz CT molecular complexity index is 1370. The minimum atomic E-state index is -3.84. The molecule has 1 aromatic heterocycles. The maximum Gasteiger partial charge on any atom is 0.728 e. The predicted octanol–water partition coefficient (Wildman–Crippen LogP) is 6.04. The van der Waals surface area contributed by atoms with Crippen LogP contribution >= 0.6 is 30.9 Å². The summed E-state index contributed by atoms with van der Waals surface area (Å²) in [6.07, 6.45) is 3.05. The van der Waals surface area contributed by atoms with Gasteiger partial charge in [0.1, 0.15) is 34.1 Å². The van der Waals surface area contributed by atoms with Crippen LogP contribution < -0.4 is 28.0 Å². The maximum atomic E-state index is 13.6. The molecule has 0 spiro atoms. The highest BCUT2D eigenvalue weighted by Crippen LogP contribution is 2.44. The normalized spacial score (nSPS) is 10.4. The van der Waals surface area contributed by atoms with E-state index in [1.165, 1.54) is 28.7 Å². The maximum absolute atomic E-state index is 13.6. The van der Waals surface area contributed by atoms with E-state index in [0.717, 1.165) is 0 Å². The van der Waals surface area contributed by atoms with Crippen LogP contribution in [0.2, 0.25) is 10.0 Å².